The number of piperidine rings is 1. The number of nitrogens with one attached hydrogen (secondary N) is 1. The average Bonchev–Trinajstić information content (AvgIpc) is 3.27. The fraction of sp³-hybridized carbons (Fsp3) is 1.00. The Balaban J connectivity index is 1.58. The molecule has 3 fully saturated rings. The summed E-state index contributed by atoms with van der Waals surface area (Å²) >= 11 is 0. The van der Waals surface area contributed by atoms with Gasteiger partial charge in [0, 0.05) is 50.9 Å². The van der Waals surface area contributed by atoms with E-state index in [-0.39, 0.29) is 0 Å². The molecule has 0 aromatic rings. The van der Waals surface area contributed by atoms with E-state index < -0.39 is 0 Å². The molecule has 0 aromatic carbocycles. The van der Waals surface area contributed by atoms with E-state index in [4.69, 9.17) is 4.74 Å². The number of methoxy groups -OCH3 is 1. The third kappa shape index (κ3) is 3.53. The Bertz CT molecular complexity index is 308. The van der Waals surface area contributed by atoms with Crippen molar-refractivity contribution in [2.45, 2.75) is 63.2 Å². The summed E-state index contributed by atoms with van der Waals surface area (Å²) in [6.45, 7) is 8.14. The van der Waals surface area contributed by atoms with Gasteiger partial charge in [-0.15, -0.1) is 0 Å². The summed E-state index contributed by atoms with van der Waals surface area (Å²) in [7, 11) is 1.84. The standard InChI is InChI=1S/C16H31N3O/c1-13-10-18-8-4-3-5-15(18)11-19(13)16(12-20-2)9-17-14-6-7-14/h13-17H,3-12H2,1-2H3. The maximum absolute atomic E-state index is 5.50. The van der Waals surface area contributed by atoms with E-state index in [1.807, 2.05) is 7.11 Å². The second-order valence-electron chi connectivity index (χ2n) is 6.98. The minimum absolute atomic E-state index is 0.541. The number of fused-ring (bicyclic) bond motifs is 1. The highest BCUT2D eigenvalue weighted by Gasteiger charge is 2.36. The van der Waals surface area contributed by atoms with E-state index in [1.165, 1.54) is 51.7 Å². The predicted molar refractivity (Wildman–Crippen MR) is 82.1 cm³/mol. The van der Waals surface area contributed by atoms with Gasteiger partial charge in [0.15, 0.2) is 0 Å². The highest BCUT2D eigenvalue weighted by atomic mass is 16.5. The predicted octanol–water partition coefficient (Wildman–Crippen LogP) is 1.31. The molecule has 0 spiro atoms. The van der Waals surface area contributed by atoms with Crippen LogP contribution in [0.25, 0.3) is 0 Å². The summed E-state index contributed by atoms with van der Waals surface area (Å²) in [5.41, 5.74) is 0. The lowest BCUT2D eigenvalue weighted by Crippen LogP contribution is -2.63. The van der Waals surface area contributed by atoms with E-state index in [0.29, 0.717) is 12.1 Å². The topological polar surface area (TPSA) is 27.7 Å². The lowest BCUT2D eigenvalue weighted by Gasteiger charge is -2.50. The summed E-state index contributed by atoms with van der Waals surface area (Å²) in [5, 5.41) is 3.70. The Morgan fingerprint density at radius 2 is 2.05 bits per heavy atom. The molecule has 2 aliphatic heterocycles. The Morgan fingerprint density at radius 1 is 1.20 bits per heavy atom. The van der Waals surface area contributed by atoms with Crippen molar-refractivity contribution in [1.29, 1.82) is 0 Å². The highest BCUT2D eigenvalue weighted by molar-refractivity contribution is 4.93. The first-order valence-corrected chi connectivity index (χ1v) is 8.50. The molecule has 0 aromatic heterocycles. The lowest BCUT2D eigenvalue weighted by atomic mass is 9.96. The molecular weight excluding hydrogens is 250 g/mol. The first-order chi connectivity index (χ1) is 9.78. The van der Waals surface area contributed by atoms with Crippen molar-refractivity contribution in [2.24, 2.45) is 0 Å². The van der Waals surface area contributed by atoms with Crippen LogP contribution in [0, 0.1) is 0 Å². The van der Waals surface area contributed by atoms with Crippen LogP contribution in [0.2, 0.25) is 0 Å². The van der Waals surface area contributed by atoms with Crippen molar-refractivity contribution in [3.05, 3.63) is 0 Å². The molecule has 116 valence electrons. The third-order valence-corrected chi connectivity index (χ3v) is 5.28. The van der Waals surface area contributed by atoms with E-state index in [2.05, 4.69) is 22.0 Å². The Kier molecular flexibility index (Phi) is 4.97. The fourth-order valence-corrected chi connectivity index (χ4v) is 3.94. The van der Waals surface area contributed by atoms with Gasteiger partial charge in [-0.25, -0.2) is 0 Å². The molecule has 0 bridgehead atoms. The van der Waals surface area contributed by atoms with Crippen molar-refractivity contribution >= 4 is 0 Å². The van der Waals surface area contributed by atoms with Crippen LogP contribution in [-0.2, 0) is 4.74 Å². The van der Waals surface area contributed by atoms with Crippen molar-refractivity contribution in [2.75, 3.05) is 39.9 Å². The summed E-state index contributed by atoms with van der Waals surface area (Å²) in [4.78, 5) is 5.44. The monoisotopic (exact) mass is 281 g/mol. The third-order valence-electron chi connectivity index (χ3n) is 5.28. The van der Waals surface area contributed by atoms with E-state index in [9.17, 15) is 0 Å². The van der Waals surface area contributed by atoms with Crippen molar-refractivity contribution in [3.63, 3.8) is 0 Å². The largest absolute Gasteiger partial charge is 0.383 e. The molecule has 1 saturated carbocycles. The first-order valence-electron chi connectivity index (χ1n) is 8.50. The second kappa shape index (κ2) is 6.73. The van der Waals surface area contributed by atoms with Gasteiger partial charge in [0.05, 0.1) is 6.61 Å². The van der Waals surface area contributed by atoms with Crippen molar-refractivity contribution in [3.8, 4) is 0 Å². The Labute approximate surface area is 123 Å². The van der Waals surface area contributed by atoms with Gasteiger partial charge in [0.2, 0.25) is 0 Å². The smallest absolute Gasteiger partial charge is 0.0630 e. The van der Waals surface area contributed by atoms with Crippen LogP contribution >= 0.6 is 0 Å². The fourth-order valence-electron chi connectivity index (χ4n) is 3.94. The van der Waals surface area contributed by atoms with Gasteiger partial charge >= 0.3 is 0 Å². The van der Waals surface area contributed by atoms with Gasteiger partial charge in [0.25, 0.3) is 0 Å². The number of rotatable bonds is 6. The van der Waals surface area contributed by atoms with Crippen LogP contribution in [0.5, 0.6) is 0 Å². The van der Waals surface area contributed by atoms with Crippen LogP contribution < -0.4 is 5.32 Å². The maximum atomic E-state index is 5.50. The minimum atomic E-state index is 0.541. The molecule has 0 amide bonds. The Hall–Kier alpha value is -0.160. The number of nitrogens with zero attached hydrogens (tertiary/aromatic N) is 2. The summed E-state index contributed by atoms with van der Waals surface area (Å²) < 4.78 is 5.50. The van der Waals surface area contributed by atoms with Crippen molar-refractivity contribution < 1.29 is 4.74 Å². The number of hydrogen-bond donors (Lipinski definition) is 1. The first kappa shape index (κ1) is 14.8. The van der Waals surface area contributed by atoms with Gasteiger partial charge in [-0.05, 0) is 39.2 Å². The van der Waals surface area contributed by atoms with Gasteiger partial charge in [0.1, 0.15) is 0 Å². The summed E-state index contributed by atoms with van der Waals surface area (Å²) in [6, 6.07) is 2.78. The highest BCUT2D eigenvalue weighted by Crippen LogP contribution is 2.26. The Morgan fingerprint density at radius 3 is 2.80 bits per heavy atom. The van der Waals surface area contributed by atoms with Crippen molar-refractivity contribution in [1.82, 2.24) is 15.1 Å². The molecule has 0 radical (unpaired) electrons. The molecule has 3 rings (SSSR count). The molecule has 2 saturated heterocycles. The van der Waals surface area contributed by atoms with Gasteiger partial charge in [-0.2, -0.15) is 0 Å². The molecule has 1 aliphatic carbocycles. The van der Waals surface area contributed by atoms with E-state index in [1.54, 1.807) is 0 Å². The second-order valence-corrected chi connectivity index (χ2v) is 6.98. The number of hydrogen-bond acceptors (Lipinski definition) is 4. The SMILES string of the molecule is COCC(CNC1CC1)N1CC2CCCCN2CC1C. The lowest BCUT2D eigenvalue weighted by molar-refractivity contribution is -0.0256. The van der Waals surface area contributed by atoms with Crippen LogP contribution in [0.3, 0.4) is 0 Å². The number of piperazine rings is 1. The summed E-state index contributed by atoms with van der Waals surface area (Å²) in [6.07, 6.45) is 6.93. The molecule has 1 N–H and O–H groups in total. The zero-order valence-corrected chi connectivity index (χ0v) is 13.2. The quantitative estimate of drug-likeness (QED) is 0.794. The number of ether oxygens (including phenoxy) is 1. The van der Waals surface area contributed by atoms with Gasteiger partial charge in [-0.1, -0.05) is 6.42 Å². The van der Waals surface area contributed by atoms with Crippen LogP contribution in [0.15, 0.2) is 0 Å². The molecule has 4 nitrogen and oxygen atoms in total. The van der Waals surface area contributed by atoms with Gasteiger partial charge < -0.3 is 10.1 Å². The normalized spacial score (nSPS) is 33.9. The zero-order chi connectivity index (χ0) is 13.9. The molecule has 2 heterocycles. The zero-order valence-electron chi connectivity index (χ0n) is 13.2. The molecular formula is C16H31N3O. The molecule has 4 heteroatoms. The summed E-state index contributed by atoms with van der Waals surface area (Å²) in [5.74, 6) is 0. The van der Waals surface area contributed by atoms with Crippen LogP contribution in [-0.4, -0.2) is 73.9 Å². The van der Waals surface area contributed by atoms with E-state index >= 15 is 0 Å². The van der Waals surface area contributed by atoms with Gasteiger partial charge in [-0.3, -0.25) is 9.80 Å². The molecule has 3 atom stereocenters. The molecule has 20 heavy (non-hydrogen) atoms. The maximum Gasteiger partial charge on any atom is 0.0630 e. The average molecular weight is 281 g/mol. The minimum Gasteiger partial charge on any atom is -0.383 e. The van der Waals surface area contributed by atoms with E-state index in [0.717, 1.165) is 25.2 Å². The molecule has 3 unspecified atom stereocenters. The van der Waals surface area contributed by atoms with Crippen LogP contribution in [0.1, 0.15) is 39.0 Å². The van der Waals surface area contributed by atoms with Crippen LogP contribution in [0.4, 0.5) is 0 Å². The molecule has 3 aliphatic rings.